The highest BCUT2D eigenvalue weighted by molar-refractivity contribution is 4.99. The second-order valence-electron chi connectivity index (χ2n) is 8.26. The summed E-state index contributed by atoms with van der Waals surface area (Å²) in [7, 11) is 0. The van der Waals surface area contributed by atoms with Crippen molar-refractivity contribution in [1.82, 2.24) is 10.6 Å². The van der Waals surface area contributed by atoms with E-state index < -0.39 is 0 Å². The van der Waals surface area contributed by atoms with Gasteiger partial charge in [0.2, 0.25) is 0 Å². The maximum absolute atomic E-state index is 3.75. The van der Waals surface area contributed by atoms with Gasteiger partial charge in [-0.15, -0.1) is 0 Å². The zero-order valence-electron chi connectivity index (χ0n) is 12.9. The molecule has 0 spiro atoms. The van der Waals surface area contributed by atoms with Crippen LogP contribution in [0.1, 0.15) is 67.7 Å². The monoisotopic (exact) mass is 240 g/mol. The van der Waals surface area contributed by atoms with Crippen LogP contribution in [0.2, 0.25) is 0 Å². The molecule has 1 heterocycles. The van der Waals surface area contributed by atoms with E-state index in [0.29, 0.717) is 11.5 Å². The summed E-state index contributed by atoms with van der Waals surface area (Å²) in [5, 5.41) is 7.48. The third-order valence-corrected chi connectivity index (χ3v) is 3.50. The summed E-state index contributed by atoms with van der Waals surface area (Å²) in [5.41, 5.74) is 0.938. The minimum absolute atomic E-state index is 0.251. The van der Waals surface area contributed by atoms with Crippen LogP contribution in [-0.2, 0) is 0 Å². The van der Waals surface area contributed by atoms with Gasteiger partial charge in [0.15, 0.2) is 0 Å². The minimum atomic E-state index is 0.251. The number of hydrogen-bond acceptors (Lipinski definition) is 2. The molecule has 2 nitrogen and oxygen atoms in total. The van der Waals surface area contributed by atoms with Gasteiger partial charge >= 0.3 is 0 Å². The smallest absolute Gasteiger partial charge is 0.0144 e. The summed E-state index contributed by atoms with van der Waals surface area (Å²) < 4.78 is 0. The van der Waals surface area contributed by atoms with Crippen molar-refractivity contribution in [2.24, 2.45) is 5.41 Å². The van der Waals surface area contributed by atoms with Gasteiger partial charge in [0.05, 0.1) is 0 Å². The lowest BCUT2D eigenvalue weighted by atomic mass is 9.79. The second-order valence-corrected chi connectivity index (χ2v) is 8.26. The summed E-state index contributed by atoms with van der Waals surface area (Å²) >= 11 is 0. The lowest BCUT2D eigenvalue weighted by molar-refractivity contribution is 0.144. The Hall–Kier alpha value is -0.0800. The average molecular weight is 240 g/mol. The molecule has 1 saturated heterocycles. The zero-order chi connectivity index (χ0) is 13.3. The Morgan fingerprint density at radius 3 is 1.94 bits per heavy atom. The number of piperidine rings is 1. The van der Waals surface area contributed by atoms with Crippen molar-refractivity contribution in [3.63, 3.8) is 0 Å². The normalized spacial score (nSPS) is 24.9. The molecule has 1 aliphatic heterocycles. The van der Waals surface area contributed by atoms with E-state index in [1.807, 2.05) is 0 Å². The molecule has 0 amide bonds. The second kappa shape index (κ2) is 4.89. The molecule has 2 heteroatoms. The molecule has 0 bridgehead atoms. The van der Waals surface area contributed by atoms with E-state index in [1.165, 1.54) is 19.3 Å². The number of rotatable bonds is 3. The molecule has 0 saturated carbocycles. The molecule has 17 heavy (non-hydrogen) atoms. The molecule has 1 rings (SSSR count). The largest absolute Gasteiger partial charge is 0.314 e. The quantitative estimate of drug-likeness (QED) is 0.791. The van der Waals surface area contributed by atoms with Gasteiger partial charge in [-0.05, 0) is 58.9 Å². The predicted molar refractivity (Wildman–Crippen MR) is 76.4 cm³/mol. The van der Waals surface area contributed by atoms with Crippen LogP contribution < -0.4 is 10.6 Å². The number of nitrogens with one attached hydrogen (secondary N) is 2. The van der Waals surface area contributed by atoms with E-state index in [9.17, 15) is 0 Å². The van der Waals surface area contributed by atoms with Crippen molar-refractivity contribution >= 4 is 0 Å². The Bertz CT molecular complexity index is 232. The van der Waals surface area contributed by atoms with Crippen LogP contribution in [0.5, 0.6) is 0 Å². The maximum atomic E-state index is 3.75. The van der Waals surface area contributed by atoms with E-state index >= 15 is 0 Å². The van der Waals surface area contributed by atoms with Crippen molar-refractivity contribution in [1.29, 1.82) is 0 Å². The molecule has 2 N–H and O–H groups in total. The first kappa shape index (κ1) is 15.0. The molecule has 0 aliphatic carbocycles. The van der Waals surface area contributed by atoms with Gasteiger partial charge < -0.3 is 10.6 Å². The van der Waals surface area contributed by atoms with Crippen molar-refractivity contribution in [3.8, 4) is 0 Å². The minimum Gasteiger partial charge on any atom is -0.314 e. The molecule has 0 aromatic rings. The summed E-state index contributed by atoms with van der Waals surface area (Å²) in [6.07, 6.45) is 3.69. The summed E-state index contributed by atoms with van der Waals surface area (Å²) in [4.78, 5) is 0. The Kier molecular flexibility index (Phi) is 4.31. The third-order valence-electron chi connectivity index (χ3n) is 3.50. The van der Waals surface area contributed by atoms with Gasteiger partial charge in [-0.3, -0.25) is 0 Å². The van der Waals surface area contributed by atoms with Crippen LogP contribution in [0.25, 0.3) is 0 Å². The Morgan fingerprint density at radius 1 is 1.06 bits per heavy atom. The van der Waals surface area contributed by atoms with Crippen LogP contribution in [-0.4, -0.2) is 23.7 Å². The molecule has 0 aromatic carbocycles. The van der Waals surface area contributed by atoms with E-state index in [-0.39, 0.29) is 11.1 Å². The summed E-state index contributed by atoms with van der Waals surface area (Å²) in [6.45, 7) is 17.3. The molecule has 0 radical (unpaired) electrons. The molecule has 0 aromatic heterocycles. The van der Waals surface area contributed by atoms with Crippen molar-refractivity contribution < 1.29 is 0 Å². The molecule has 1 aliphatic rings. The topological polar surface area (TPSA) is 24.1 Å². The summed E-state index contributed by atoms with van der Waals surface area (Å²) in [5.74, 6) is 0. The maximum Gasteiger partial charge on any atom is 0.0144 e. The third kappa shape index (κ3) is 5.87. The molecule has 0 unspecified atom stereocenters. The highest BCUT2D eigenvalue weighted by Crippen LogP contribution is 2.28. The molecule has 102 valence electrons. The van der Waals surface area contributed by atoms with Crippen molar-refractivity contribution in [2.45, 2.75) is 84.8 Å². The fourth-order valence-corrected chi connectivity index (χ4v) is 3.12. The van der Waals surface area contributed by atoms with Crippen LogP contribution in [0.4, 0.5) is 0 Å². The lowest BCUT2D eigenvalue weighted by Crippen LogP contribution is -2.61. The fraction of sp³-hybridized carbons (Fsp3) is 1.00. The van der Waals surface area contributed by atoms with Crippen molar-refractivity contribution in [2.75, 3.05) is 6.54 Å². The van der Waals surface area contributed by atoms with Crippen molar-refractivity contribution in [3.05, 3.63) is 0 Å². The van der Waals surface area contributed by atoms with Gasteiger partial charge in [0, 0.05) is 17.1 Å². The number of hydrogen-bond donors (Lipinski definition) is 2. The van der Waals surface area contributed by atoms with Gasteiger partial charge in [-0.1, -0.05) is 20.8 Å². The van der Waals surface area contributed by atoms with Gasteiger partial charge in [-0.25, -0.2) is 0 Å². The molecular formula is C15H32N2. The first-order valence-corrected chi connectivity index (χ1v) is 7.02. The zero-order valence-corrected chi connectivity index (χ0v) is 12.9. The van der Waals surface area contributed by atoms with E-state index in [1.54, 1.807) is 0 Å². The van der Waals surface area contributed by atoms with Crippen LogP contribution >= 0.6 is 0 Å². The first-order chi connectivity index (χ1) is 7.49. The fourth-order valence-electron chi connectivity index (χ4n) is 3.12. The first-order valence-electron chi connectivity index (χ1n) is 7.02. The highest BCUT2D eigenvalue weighted by atomic mass is 15.1. The SMILES string of the molecule is CC(C)(C)CCNC1CC(C)(C)NC(C)(C)C1. The summed E-state index contributed by atoms with van der Waals surface area (Å²) in [6, 6.07) is 0.656. The molecule has 0 atom stereocenters. The van der Waals surface area contributed by atoms with Gasteiger partial charge in [-0.2, -0.15) is 0 Å². The Labute approximate surface area is 108 Å². The predicted octanol–water partition coefficient (Wildman–Crippen LogP) is 3.32. The standard InChI is InChI=1S/C15H32N2/c1-13(2,3)8-9-16-12-10-14(4,5)17-15(6,7)11-12/h12,16-17H,8-11H2,1-7H3. The van der Waals surface area contributed by atoms with E-state index in [4.69, 9.17) is 0 Å². The van der Waals surface area contributed by atoms with Gasteiger partial charge in [0.25, 0.3) is 0 Å². The van der Waals surface area contributed by atoms with Crippen LogP contribution in [0, 0.1) is 5.41 Å². The van der Waals surface area contributed by atoms with E-state index in [0.717, 1.165) is 6.54 Å². The van der Waals surface area contributed by atoms with Gasteiger partial charge in [0.1, 0.15) is 0 Å². The molecular weight excluding hydrogens is 208 g/mol. The van der Waals surface area contributed by atoms with E-state index in [2.05, 4.69) is 59.1 Å². The molecule has 1 fully saturated rings. The Morgan fingerprint density at radius 2 is 1.53 bits per heavy atom. The van der Waals surface area contributed by atoms with Crippen LogP contribution in [0.3, 0.4) is 0 Å². The lowest BCUT2D eigenvalue weighted by Gasteiger charge is -2.47. The van der Waals surface area contributed by atoms with Crippen LogP contribution in [0.15, 0.2) is 0 Å². The Balaban J connectivity index is 2.43. The highest BCUT2D eigenvalue weighted by Gasteiger charge is 2.37. The average Bonchev–Trinajstić information content (AvgIpc) is 1.93.